The van der Waals surface area contributed by atoms with Crippen molar-refractivity contribution < 1.29 is 9.50 Å². The predicted octanol–water partition coefficient (Wildman–Crippen LogP) is 2.83. The molecule has 2 rings (SSSR count). The van der Waals surface area contributed by atoms with Crippen molar-refractivity contribution in [3.05, 3.63) is 29.1 Å². The summed E-state index contributed by atoms with van der Waals surface area (Å²) in [6.07, 6.45) is 0.927. The highest BCUT2D eigenvalue weighted by Gasteiger charge is 2.26. The molecule has 1 fully saturated rings. The zero-order chi connectivity index (χ0) is 14.7. The molecule has 1 aromatic rings. The SMILES string of the molecule is Cc1cc(F)cc([C@H](CC(C)C)N2CCNCC2)c1O. The van der Waals surface area contributed by atoms with Crippen LogP contribution in [0.4, 0.5) is 4.39 Å². The van der Waals surface area contributed by atoms with E-state index in [4.69, 9.17) is 0 Å². The number of hydrogen-bond acceptors (Lipinski definition) is 3. The molecule has 0 amide bonds. The summed E-state index contributed by atoms with van der Waals surface area (Å²) in [7, 11) is 0. The van der Waals surface area contributed by atoms with Crippen LogP contribution < -0.4 is 5.32 Å². The van der Waals surface area contributed by atoms with Crippen LogP contribution in [0.25, 0.3) is 0 Å². The van der Waals surface area contributed by atoms with Crippen molar-refractivity contribution in [2.75, 3.05) is 26.2 Å². The van der Waals surface area contributed by atoms with Gasteiger partial charge in [0.1, 0.15) is 11.6 Å². The maximum Gasteiger partial charge on any atom is 0.124 e. The van der Waals surface area contributed by atoms with E-state index >= 15 is 0 Å². The molecule has 1 heterocycles. The van der Waals surface area contributed by atoms with E-state index in [2.05, 4.69) is 24.1 Å². The number of piperazine rings is 1. The highest BCUT2D eigenvalue weighted by molar-refractivity contribution is 5.42. The highest BCUT2D eigenvalue weighted by atomic mass is 19.1. The third-order valence-electron chi connectivity index (χ3n) is 3.94. The van der Waals surface area contributed by atoms with E-state index in [1.54, 1.807) is 6.92 Å². The quantitative estimate of drug-likeness (QED) is 0.890. The van der Waals surface area contributed by atoms with E-state index in [0.29, 0.717) is 11.5 Å². The Labute approximate surface area is 120 Å². The van der Waals surface area contributed by atoms with Crippen molar-refractivity contribution in [3.8, 4) is 5.75 Å². The summed E-state index contributed by atoms with van der Waals surface area (Å²) in [4.78, 5) is 2.35. The van der Waals surface area contributed by atoms with Crippen molar-refractivity contribution in [2.24, 2.45) is 5.92 Å². The third kappa shape index (κ3) is 3.49. The van der Waals surface area contributed by atoms with Gasteiger partial charge in [0.25, 0.3) is 0 Å². The summed E-state index contributed by atoms with van der Waals surface area (Å²) in [6.45, 7) is 9.86. The van der Waals surface area contributed by atoms with Crippen LogP contribution in [0.2, 0.25) is 0 Å². The smallest absolute Gasteiger partial charge is 0.124 e. The van der Waals surface area contributed by atoms with Crippen molar-refractivity contribution in [2.45, 2.75) is 33.2 Å². The van der Waals surface area contributed by atoms with Crippen molar-refractivity contribution >= 4 is 0 Å². The fourth-order valence-corrected chi connectivity index (χ4v) is 2.93. The van der Waals surface area contributed by atoms with Crippen LogP contribution in [0, 0.1) is 18.7 Å². The lowest BCUT2D eigenvalue weighted by Crippen LogP contribution is -2.45. The summed E-state index contributed by atoms with van der Waals surface area (Å²) in [5.74, 6) is 0.479. The van der Waals surface area contributed by atoms with Gasteiger partial charge in [-0.1, -0.05) is 13.8 Å². The van der Waals surface area contributed by atoms with E-state index in [1.165, 1.54) is 12.1 Å². The number of phenols is 1. The second-order valence-electron chi connectivity index (χ2n) is 6.09. The first kappa shape index (κ1) is 15.3. The molecule has 0 aliphatic carbocycles. The van der Waals surface area contributed by atoms with Crippen LogP contribution in [0.5, 0.6) is 5.75 Å². The number of hydrogen-bond donors (Lipinski definition) is 2. The predicted molar refractivity (Wildman–Crippen MR) is 79.4 cm³/mol. The average molecular weight is 280 g/mol. The van der Waals surface area contributed by atoms with Gasteiger partial charge in [0.2, 0.25) is 0 Å². The Morgan fingerprint density at radius 3 is 2.55 bits per heavy atom. The van der Waals surface area contributed by atoms with Gasteiger partial charge in [-0.05, 0) is 37.0 Å². The number of rotatable bonds is 4. The van der Waals surface area contributed by atoms with E-state index in [-0.39, 0.29) is 17.6 Å². The molecule has 1 aliphatic heterocycles. The maximum atomic E-state index is 13.7. The van der Waals surface area contributed by atoms with Gasteiger partial charge in [-0.2, -0.15) is 0 Å². The van der Waals surface area contributed by atoms with Crippen LogP contribution in [-0.2, 0) is 0 Å². The standard InChI is InChI=1S/C16H25FN2O/c1-11(2)8-15(19-6-4-18-5-7-19)14-10-13(17)9-12(3)16(14)20/h9-11,15,18,20H,4-8H2,1-3H3/t15-/m0/s1. The van der Waals surface area contributed by atoms with Gasteiger partial charge in [-0.25, -0.2) is 4.39 Å². The maximum absolute atomic E-state index is 13.7. The molecule has 1 saturated heterocycles. The van der Waals surface area contributed by atoms with Crippen molar-refractivity contribution in [3.63, 3.8) is 0 Å². The average Bonchev–Trinajstić information content (AvgIpc) is 2.41. The molecule has 0 unspecified atom stereocenters. The number of nitrogens with one attached hydrogen (secondary N) is 1. The molecule has 0 saturated carbocycles. The Kier molecular flexibility index (Phi) is 5.00. The first-order valence-electron chi connectivity index (χ1n) is 7.42. The molecule has 1 atom stereocenters. The van der Waals surface area contributed by atoms with Gasteiger partial charge in [0.05, 0.1) is 0 Å². The molecule has 0 aromatic heterocycles. The Morgan fingerprint density at radius 2 is 1.95 bits per heavy atom. The van der Waals surface area contributed by atoms with Gasteiger partial charge in [-0.15, -0.1) is 0 Å². The van der Waals surface area contributed by atoms with Crippen LogP contribution in [0.1, 0.15) is 37.4 Å². The normalized spacial score (nSPS) is 18.4. The van der Waals surface area contributed by atoms with Gasteiger partial charge >= 0.3 is 0 Å². The minimum atomic E-state index is -0.265. The number of aromatic hydroxyl groups is 1. The van der Waals surface area contributed by atoms with Gasteiger partial charge < -0.3 is 10.4 Å². The topological polar surface area (TPSA) is 35.5 Å². The van der Waals surface area contributed by atoms with Gasteiger partial charge in [-0.3, -0.25) is 4.90 Å². The number of phenolic OH excluding ortho intramolecular Hbond substituents is 1. The fourth-order valence-electron chi connectivity index (χ4n) is 2.93. The number of benzene rings is 1. The lowest BCUT2D eigenvalue weighted by molar-refractivity contribution is 0.151. The van der Waals surface area contributed by atoms with E-state index in [0.717, 1.165) is 38.2 Å². The second-order valence-corrected chi connectivity index (χ2v) is 6.09. The molecule has 0 bridgehead atoms. The van der Waals surface area contributed by atoms with Crippen LogP contribution in [-0.4, -0.2) is 36.2 Å². The lowest BCUT2D eigenvalue weighted by atomic mass is 9.93. The lowest BCUT2D eigenvalue weighted by Gasteiger charge is -2.36. The molecule has 0 spiro atoms. The third-order valence-corrected chi connectivity index (χ3v) is 3.94. The Bertz CT molecular complexity index is 456. The zero-order valence-corrected chi connectivity index (χ0v) is 12.6. The molecule has 2 N–H and O–H groups in total. The van der Waals surface area contributed by atoms with E-state index in [1.807, 2.05) is 0 Å². The molecule has 112 valence electrons. The Balaban J connectivity index is 2.34. The first-order valence-corrected chi connectivity index (χ1v) is 7.42. The van der Waals surface area contributed by atoms with Crippen LogP contribution in [0.3, 0.4) is 0 Å². The minimum Gasteiger partial charge on any atom is -0.507 e. The fraction of sp³-hybridized carbons (Fsp3) is 0.625. The van der Waals surface area contributed by atoms with Gasteiger partial charge in [0, 0.05) is 37.8 Å². The Morgan fingerprint density at radius 1 is 1.30 bits per heavy atom. The summed E-state index contributed by atoms with van der Waals surface area (Å²) < 4.78 is 13.7. The van der Waals surface area contributed by atoms with E-state index < -0.39 is 0 Å². The monoisotopic (exact) mass is 280 g/mol. The largest absolute Gasteiger partial charge is 0.507 e. The molecular formula is C16H25FN2O. The van der Waals surface area contributed by atoms with Crippen LogP contribution >= 0.6 is 0 Å². The van der Waals surface area contributed by atoms with Crippen LogP contribution in [0.15, 0.2) is 12.1 Å². The molecule has 0 radical (unpaired) electrons. The molecule has 4 heteroatoms. The summed E-state index contributed by atoms with van der Waals surface area (Å²) in [5.41, 5.74) is 1.35. The first-order chi connectivity index (χ1) is 9.49. The summed E-state index contributed by atoms with van der Waals surface area (Å²) >= 11 is 0. The number of halogens is 1. The second kappa shape index (κ2) is 6.55. The summed E-state index contributed by atoms with van der Waals surface area (Å²) in [5, 5.41) is 13.7. The van der Waals surface area contributed by atoms with Crippen molar-refractivity contribution in [1.29, 1.82) is 0 Å². The highest BCUT2D eigenvalue weighted by Crippen LogP contribution is 2.36. The molecule has 1 aliphatic rings. The zero-order valence-electron chi connectivity index (χ0n) is 12.6. The number of nitrogens with zero attached hydrogens (tertiary/aromatic N) is 1. The summed E-state index contributed by atoms with van der Waals surface area (Å²) in [6, 6.07) is 2.98. The minimum absolute atomic E-state index is 0.0894. The molecule has 1 aromatic carbocycles. The van der Waals surface area contributed by atoms with E-state index in [9.17, 15) is 9.50 Å². The number of aryl methyl sites for hydroxylation is 1. The van der Waals surface area contributed by atoms with Crippen molar-refractivity contribution in [1.82, 2.24) is 10.2 Å². The van der Waals surface area contributed by atoms with Gasteiger partial charge in [0.15, 0.2) is 0 Å². The molecule has 20 heavy (non-hydrogen) atoms. The molecular weight excluding hydrogens is 255 g/mol. The Hall–Kier alpha value is -1.13. The molecule has 3 nitrogen and oxygen atoms in total.